The Bertz CT molecular complexity index is 467. The van der Waals surface area contributed by atoms with E-state index in [0.717, 1.165) is 31.2 Å². The summed E-state index contributed by atoms with van der Waals surface area (Å²) < 4.78 is 0. The van der Waals surface area contributed by atoms with Crippen molar-refractivity contribution < 1.29 is 9.90 Å². The molecule has 3 N–H and O–H groups in total. The molecule has 110 valence electrons. The molecule has 1 aliphatic carbocycles. The van der Waals surface area contributed by atoms with E-state index in [4.69, 9.17) is 5.73 Å². The van der Waals surface area contributed by atoms with Crippen molar-refractivity contribution in [2.75, 3.05) is 7.05 Å². The maximum atomic E-state index is 12.5. The molecule has 4 heteroatoms. The first-order valence-electron chi connectivity index (χ1n) is 7.31. The summed E-state index contributed by atoms with van der Waals surface area (Å²) in [6.45, 7) is 1.95. The zero-order valence-electron chi connectivity index (χ0n) is 12.2. The van der Waals surface area contributed by atoms with Gasteiger partial charge in [-0.1, -0.05) is 18.2 Å². The van der Waals surface area contributed by atoms with Gasteiger partial charge in [0, 0.05) is 24.6 Å². The first-order chi connectivity index (χ1) is 9.50. The molecule has 20 heavy (non-hydrogen) atoms. The Kier molecular flexibility index (Phi) is 4.65. The molecule has 1 aliphatic rings. The number of hydrogen-bond acceptors (Lipinski definition) is 3. The second kappa shape index (κ2) is 6.27. The monoisotopic (exact) mass is 276 g/mol. The minimum Gasteiger partial charge on any atom is -0.508 e. The molecule has 1 aromatic rings. The number of para-hydroxylation sites is 1. The lowest BCUT2D eigenvalue weighted by molar-refractivity contribution is -0.137. The van der Waals surface area contributed by atoms with E-state index in [-0.39, 0.29) is 29.7 Å². The summed E-state index contributed by atoms with van der Waals surface area (Å²) in [4.78, 5) is 14.3. The van der Waals surface area contributed by atoms with Gasteiger partial charge in [-0.3, -0.25) is 4.79 Å². The van der Waals surface area contributed by atoms with Crippen LogP contribution >= 0.6 is 0 Å². The van der Waals surface area contributed by atoms with Crippen LogP contribution < -0.4 is 5.73 Å². The number of phenolic OH excluding ortho intramolecular Hbond substituents is 1. The van der Waals surface area contributed by atoms with Gasteiger partial charge in [0.05, 0.1) is 6.04 Å². The highest BCUT2D eigenvalue weighted by molar-refractivity contribution is 5.79. The van der Waals surface area contributed by atoms with Gasteiger partial charge in [0.2, 0.25) is 5.91 Å². The third kappa shape index (κ3) is 3.12. The van der Waals surface area contributed by atoms with Crippen LogP contribution in [0.2, 0.25) is 0 Å². The second-order valence-electron chi connectivity index (χ2n) is 5.80. The van der Waals surface area contributed by atoms with Crippen LogP contribution in [0.5, 0.6) is 5.75 Å². The summed E-state index contributed by atoms with van der Waals surface area (Å²) in [5, 5.41) is 9.90. The minimum absolute atomic E-state index is 0.0769. The van der Waals surface area contributed by atoms with Gasteiger partial charge in [-0.05, 0) is 38.7 Å². The van der Waals surface area contributed by atoms with Crippen LogP contribution in [0.4, 0.5) is 0 Å². The maximum Gasteiger partial charge on any atom is 0.225 e. The topological polar surface area (TPSA) is 66.6 Å². The van der Waals surface area contributed by atoms with Gasteiger partial charge in [0.25, 0.3) is 0 Å². The van der Waals surface area contributed by atoms with Gasteiger partial charge >= 0.3 is 0 Å². The highest BCUT2D eigenvalue weighted by Gasteiger charge is 2.29. The Labute approximate surface area is 120 Å². The number of carbonyl (C=O) groups excluding carboxylic acids is 1. The largest absolute Gasteiger partial charge is 0.508 e. The first kappa shape index (κ1) is 14.9. The predicted molar refractivity (Wildman–Crippen MR) is 79.2 cm³/mol. The molecule has 0 spiro atoms. The lowest BCUT2D eigenvalue weighted by atomic mass is 9.85. The van der Waals surface area contributed by atoms with Crippen molar-refractivity contribution in [3.8, 4) is 5.75 Å². The Hall–Kier alpha value is -1.55. The van der Waals surface area contributed by atoms with E-state index in [9.17, 15) is 9.90 Å². The smallest absolute Gasteiger partial charge is 0.225 e. The molecule has 1 aromatic carbocycles. The number of aromatic hydroxyl groups is 1. The average Bonchev–Trinajstić information content (AvgIpc) is 2.46. The zero-order chi connectivity index (χ0) is 14.7. The number of carbonyl (C=O) groups is 1. The van der Waals surface area contributed by atoms with Gasteiger partial charge in [-0.25, -0.2) is 0 Å². The van der Waals surface area contributed by atoms with E-state index >= 15 is 0 Å². The van der Waals surface area contributed by atoms with Crippen molar-refractivity contribution in [3.63, 3.8) is 0 Å². The molecule has 0 radical (unpaired) electrons. The fraction of sp³-hybridized carbons (Fsp3) is 0.562. The van der Waals surface area contributed by atoms with Crippen molar-refractivity contribution in [1.29, 1.82) is 0 Å². The third-order valence-electron chi connectivity index (χ3n) is 4.44. The Morgan fingerprint density at radius 1 is 1.30 bits per heavy atom. The van der Waals surface area contributed by atoms with Crippen LogP contribution in [-0.2, 0) is 4.79 Å². The average molecular weight is 276 g/mol. The molecule has 1 atom stereocenters. The molecule has 4 nitrogen and oxygen atoms in total. The van der Waals surface area contributed by atoms with E-state index in [0.29, 0.717) is 0 Å². The molecular weight excluding hydrogens is 252 g/mol. The van der Waals surface area contributed by atoms with Gasteiger partial charge in [0.15, 0.2) is 0 Å². The Morgan fingerprint density at radius 3 is 2.50 bits per heavy atom. The summed E-state index contributed by atoms with van der Waals surface area (Å²) >= 11 is 0. The number of hydrogen-bond donors (Lipinski definition) is 2. The van der Waals surface area contributed by atoms with Crippen LogP contribution in [0, 0.1) is 5.92 Å². The summed E-state index contributed by atoms with van der Waals surface area (Å²) in [5.41, 5.74) is 6.67. The SMILES string of the molecule is CC(c1ccccc1O)N(C)C(=O)C1CCC(N)CC1. The van der Waals surface area contributed by atoms with Crippen molar-refractivity contribution in [1.82, 2.24) is 4.90 Å². The molecule has 2 rings (SSSR count). The molecule has 0 heterocycles. The second-order valence-corrected chi connectivity index (χ2v) is 5.80. The number of benzene rings is 1. The first-order valence-corrected chi connectivity index (χ1v) is 7.31. The molecule has 1 saturated carbocycles. The molecule has 1 amide bonds. The van der Waals surface area contributed by atoms with Crippen LogP contribution in [0.25, 0.3) is 0 Å². The van der Waals surface area contributed by atoms with Crippen molar-refractivity contribution in [3.05, 3.63) is 29.8 Å². The lowest BCUT2D eigenvalue weighted by Gasteiger charge is -2.32. The van der Waals surface area contributed by atoms with E-state index in [1.165, 1.54) is 0 Å². The van der Waals surface area contributed by atoms with E-state index in [1.807, 2.05) is 26.1 Å². The van der Waals surface area contributed by atoms with Crippen LogP contribution in [0.1, 0.15) is 44.2 Å². The fourth-order valence-electron chi connectivity index (χ4n) is 2.89. The normalized spacial score (nSPS) is 24.1. The lowest BCUT2D eigenvalue weighted by Crippen LogP contribution is -2.38. The number of phenols is 1. The number of nitrogens with zero attached hydrogens (tertiary/aromatic N) is 1. The molecular formula is C16H24N2O2. The molecule has 1 fully saturated rings. The molecule has 1 unspecified atom stereocenters. The Morgan fingerprint density at radius 2 is 1.90 bits per heavy atom. The van der Waals surface area contributed by atoms with Gasteiger partial charge < -0.3 is 15.7 Å². The summed E-state index contributed by atoms with van der Waals surface area (Å²) in [6, 6.07) is 7.31. The van der Waals surface area contributed by atoms with Crippen molar-refractivity contribution >= 4 is 5.91 Å². The minimum atomic E-state index is -0.126. The van der Waals surface area contributed by atoms with E-state index in [1.54, 1.807) is 17.0 Å². The quantitative estimate of drug-likeness (QED) is 0.891. The molecule has 0 aliphatic heterocycles. The zero-order valence-corrected chi connectivity index (χ0v) is 12.2. The van der Waals surface area contributed by atoms with Gasteiger partial charge in [-0.15, -0.1) is 0 Å². The number of nitrogens with two attached hydrogens (primary N) is 1. The van der Waals surface area contributed by atoms with Gasteiger partial charge in [0.1, 0.15) is 5.75 Å². The fourth-order valence-corrected chi connectivity index (χ4v) is 2.89. The summed E-state index contributed by atoms with van der Waals surface area (Å²) in [7, 11) is 1.81. The molecule has 0 bridgehead atoms. The van der Waals surface area contributed by atoms with Crippen LogP contribution in [0.15, 0.2) is 24.3 Å². The molecule has 0 saturated heterocycles. The van der Waals surface area contributed by atoms with Crippen molar-refractivity contribution in [2.24, 2.45) is 11.7 Å². The standard InChI is InChI=1S/C16H24N2O2/c1-11(14-5-3-4-6-15(14)19)18(2)16(20)12-7-9-13(17)10-8-12/h3-6,11-13,19H,7-10,17H2,1-2H3. The van der Waals surface area contributed by atoms with Crippen LogP contribution in [-0.4, -0.2) is 29.0 Å². The van der Waals surface area contributed by atoms with Crippen LogP contribution in [0.3, 0.4) is 0 Å². The third-order valence-corrected chi connectivity index (χ3v) is 4.44. The van der Waals surface area contributed by atoms with Crippen molar-refractivity contribution in [2.45, 2.75) is 44.7 Å². The highest BCUT2D eigenvalue weighted by Crippen LogP contribution is 2.31. The number of rotatable bonds is 3. The molecule has 0 aromatic heterocycles. The van der Waals surface area contributed by atoms with E-state index in [2.05, 4.69) is 0 Å². The maximum absolute atomic E-state index is 12.5. The summed E-state index contributed by atoms with van der Waals surface area (Å²) in [5.74, 6) is 0.478. The highest BCUT2D eigenvalue weighted by atomic mass is 16.3. The predicted octanol–water partition coefficient (Wildman–Crippen LogP) is 2.43. The van der Waals surface area contributed by atoms with E-state index < -0.39 is 0 Å². The van der Waals surface area contributed by atoms with Gasteiger partial charge in [-0.2, -0.15) is 0 Å². The number of amides is 1. The summed E-state index contributed by atoms with van der Waals surface area (Å²) in [6.07, 6.45) is 3.60. The Balaban J connectivity index is 2.05.